The number of esters is 1. The third-order valence-corrected chi connectivity index (χ3v) is 5.23. The Morgan fingerprint density at radius 2 is 1.87 bits per heavy atom. The average molecular weight is 319 g/mol. The van der Waals surface area contributed by atoms with E-state index in [1.54, 1.807) is 0 Å². The third kappa shape index (κ3) is 3.93. The van der Waals surface area contributed by atoms with Crippen molar-refractivity contribution in [2.24, 2.45) is 5.41 Å². The van der Waals surface area contributed by atoms with E-state index in [-0.39, 0.29) is 17.4 Å². The smallest absolute Gasteiger partial charge is 0.337 e. The lowest BCUT2D eigenvalue weighted by Gasteiger charge is -2.53. The fourth-order valence-corrected chi connectivity index (χ4v) is 4.07. The molecule has 0 spiro atoms. The molecule has 0 aromatic heterocycles. The molecular weight excluding hydrogens is 290 g/mol. The molecule has 1 aliphatic rings. The number of rotatable bonds is 6. The molecular formula is C19H29NO3. The Kier molecular flexibility index (Phi) is 5.17. The molecule has 1 aromatic carbocycles. The van der Waals surface area contributed by atoms with Gasteiger partial charge in [-0.25, -0.2) is 4.79 Å². The van der Waals surface area contributed by atoms with E-state index in [0.717, 1.165) is 25.7 Å². The highest BCUT2D eigenvalue weighted by atomic mass is 16.5. The van der Waals surface area contributed by atoms with Crippen molar-refractivity contribution in [3.63, 3.8) is 0 Å². The van der Waals surface area contributed by atoms with E-state index in [0.29, 0.717) is 5.56 Å². The zero-order valence-electron chi connectivity index (χ0n) is 14.9. The van der Waals surface area contributed by atoms with Crippen LogP contribution in [0, 0.1) is 5.41 Å². The van der Waals surface area contributed by atoms with Crippen molar-refractivity contribution in [2.45, 2.75) is 51.2 Å². The largest absolute Gasteiger partial charge is 0.465 e. The number of nitrogens with zero attached hydrogens (tertiary/aromatic N) is 1. The van der Waals surface area contributed by atoms with Crippen molar-refractivity contribution in [1.29, 1.82) is 0 Å². The highest BCUT2D eigenvalue weighted by Crippen LogP contribution is 2.55. The van der Waals surface area contributed by atoms with Crippen LogP contribution < -0.4 is 0 Å². The Balaban J connectivity index is 2.17. The number of aliphatic hydroxyl groups is 1. The van der Waals surface area contributed by atoms with Gasteiger partial charge in [0.1, 0.15) is 0 Å². The van der Waals surface area contributed by atoms with E-state index in [9.17, 15) is 9.90 Å². The highest BCUT2D eigenvalue weighted by Gasteiger charge is 2.50. The molecule has 1 N–H and O–H groups in total. The Bertz CT molecular complexity index is 540. The zero-order chi connectivity index (χ0) is 17.3. The van der Waals surface area contributed by atoms with Crippen molar-refractivity contribution in [2.75, 3.05) is 21.2 Å². The van der Waals surface area contributed by atoms with Gasteiger partial charge in [0.05, 0.1) is 18.3 Å². The molecule has 0 heterocycles. The van der Waals surface area contributed by atoms with E-state index >= 15 is 0 Å². The molecule has 4 heteroatoms. The summed E-state index contributed by atoms with van der Waals surface area (Å²) in [6.07, 6.45) is 3.82. The number of carbonyl (C=O) groups excluding carboxylic acids is 1. The lowest BCUT2D eigenvalue weighted by molar-refractivity contribution is -0.127. The van der Waals surface area contributed by atoms with Gasteiger partial charge in [-0.3, -0.25) is 0 Å². The summed E-state index contributed by atoms with van der Waals surface area (Å²) in [4.78, 5) is 13.8. The van der Waals surface area contributed by atoms with Crippen LogP contribution in [0.4, 0.5) is 0 Å². The molecule has 128 valence electrons. The van der Waals surface area contributed by atoms with Gasteiger partial charge in [0.15, 0.2) is 0 Å². The lowest BCUT2D eigenvalue weighted by atomic mass is 9.56. The van der Waals surface area contributed by atoms with Gasteiger partial charge in [0, 0.05) is 6.04 Å². The van der Waals surface area contributed by atoms with Gasteiger partial charge in [0.25, 0.3) is 0 Å². The molecule has 1 atom stereocenters. The zero-order valence-corrected chi connectivity index (χ0v) is 14.9. The average Bonchev–Trinajstić information content (AvgIpc) is 2.49. The van der Waals surface area contributed by atoms with Gasteiger partial charge >= 0.3 is 5.97 Å². The molecule has 4 nitrogen and oxygen atoms in total. The van der Waals surface area contributed by atoms with Gasteiger partial charge in [-0.05, 0) is 63.4 Å². The summed E-state index contributed by atoms with van der Waals surface area (Å²) in [5.74, 6) is -0.307. The van der Waals surface area contributed by atoms with Gasteiger partial charge in [-0.1, -0.05) is 25.5 Å². The number of benzene rings is 1. The Hall–Kier alpha value is -1.39. The molecule has 0 aliphatic heterocycles. The molecule has 1 saturated carbocycles. The molecule has 0 saturated heterocycles. The van der Waals surface area contributed by atoms with Crippen LogP contribution in [0.5, 0.6) is 0 Å². The van der Waals surface area contributed by atoms with Crippen LogP contribution in [0.2, 0.25) is 0 Å². The van der Waals surface area contributed by atoms with Crippen LogP contribution in [0.1, 0.15) is 61.5 Å². The first-order valence-electron chi connectivity index (χ1n) is 8.29. The van der Waals surface area contributed by atoms with Gasteiger partial charge in [-0.15, -0.1) is 0 Å². The van der Waals surface area contributed by atoms with E-state index in [1.165, 1.54) is 12.7 Å². The molecule has 1 unspecified atom stereocenters. The van der Waals surface area contributed by atoms with E-state index < -0.39 is 5.60 Å². The second kappa shape index (κ2) is 6.62. The quantitative estimate of drug-likeness (QED) is 0.816. The van der Waals surface area contributed by atoms with Crippen molar-refractivity contribution in [3.8, 4) is 0 Å². The molecule has 1 aromatic rings. The monoisotopic (exact) mass is 319 g/mol. The summed E-state index contributed by atoms with van der Waals surface area (Å²) < 4.78 is 4.75. The van der Waals surface area contributed by atoms with Crippen LogP contribution >= 0.6 is 0 Å². The van der Waals surface area contributed by atoms with Crippen molar-refractivity contribution in [3.05, 3.63) is 35.4 Å². The second-order valence-electron chi connectivity index (χ2n) is 7.50. The molecule has 0 radical (unpaired) electrons. The van der Waals surface area contributed by atoms with Gasteiger partial charge in [-0.2, -0.15) is 0 Å². The Morgan fingerprint density at radius 3 is 2.26 bits per heavy atom. The van der Waals surface area contributed by atoms with Crippen LogP contribution in [0.15, 0.2) is 24.3 Å². The predicted molar refractivity (Wildman–Crippen MR) is 91.4 cm³/mol. The molecule has 2 rings (SSSR count). The maximum Gasteiger partial charge on any atom is 0.337 e. The molecule has 0 bridgehead atoms. The predicted octanol–water partition coefficient (Wildman–Crippen LogP) is 3.41. The van der Waals surface area contributed by atoms with Crippen LogP contribution in [-0.4, -0.2) is 42.8 Å². The molecule has 0 amide bonds. The number of hydrogen-bond acceptors (Lipinski definition) is 4. The first-order chi connectivity index (χ1) is 10.7. The van der Waals surface area contributed by atoms with Crippen molar-refractivity contribution in [1.82, 2.24) is 4.90 Å². The lowest BCUT2D eigenvalue weighted by Crippen LogP contribution is -2.50. The highest BCUT2D eigenvalue weighted by molar-refractivity contribution is 5.89. The summed E-state index contributed by atoms with van der Waals surface area (Å²) in [5.41, 5.74) is 1.47. The van der Waals surface area contributed by atoms with Crippen LogP contribution in [0.25, 0.3) is 0 Å². The normalized spacial score (nSPS) is 28.3. The Morgan fingerprint density at radius 1 is 1.30 bits per heavy atom. The minimum atomic E-state index is -0.512. The van der Waals surface area contributed by atoms with Crippen molar-refractivity contribution >= 4 is 5.97 Å². The third-order valence-electron chi connectivity index (χ3n) is 5.23. The summed E-state index contributed by atoms with van der Waals surface area (Å²) in [6, 6.07) is 7.95. The number of hydrogen-bond donors (Lipinski definition) is 1. The van der Waals surface area contributed by atoms with Gasteiger partial charge < -0.3 is 14.7 Å². The van der Waals surface area contributed by atoms with E-state index in [4.69, 9.17) is 4.74 Å². The van der Waals surface area contributed by atoms with Gasteiger partial charge in [0.2, 0.25) is 0 Å². The minimum Gasteiger partial charge on any atom is -0.465 e. The summed E-state index contributed by atoms with van der Waals surface area (Å²) >= 11 is 0. The minimum absolute atomic E-state index is 0.208. The number of carbonyl (C=O) groups is 1. The first-order valence-corrected chi connectivity index (χ1v) is 8.29. The van der Waals surface area contributed by atoms with Crippen LogP contribution in [-0.2, 0) is 4.74 Å². The molecule has 1 fully saturated rings. The SMILES string of the molecule is CCC1(CC(c2ccc(C(=O)OC)cc2)N(C)C)CC(C)(O)C1. The standard InChI is InChI=1S/C19H29NO3/c1-6-19(12-18(2,22)13-19)11-16(20(3)4)14-7-9-15(10-8-14)17(21)23-5/h7-10,16,22H,6,11-13H2,1-5H3. The number of methoxy groups -OCH3 is 1. The fraction of sp³-hybridized carbons (Fsp3) is 0.632. The molecule has 1 aliphatic carbocycles. The van der Waals surface area contributed by atoms with Crippen LogP contribution in [0.3, 0.4) is 0 Å². The first kappa shape index (κ1) is 18.0. The Labute approximate surface area is 139 Å². The van der Waals surface area contributed by atoms with Crippen molar-refractivity contribution < 1.29 is 14.6 Å². The van der Waals surface area contributed by atoms with E-state index in [2.05, 4.69) is 25.9 Å². The topological polar surface area (TPSA) is 49.8 Å². The maximum atomic E-state index is 11.6. The summed E-state index contributed by atoms with van der Waals surface area (Å²) in [5, 5.41) is 10.2. The fourth-order valence-electron chi connectivity index (χ4n) is 4.07. The number of ether oxygens (including phenoxy) is 1. The summed E-state index contributed by atoms with van der Waals surface area (Å²) in [6.45, 7) is 4.14. The summed E-state index contributed by atoms with van der Waals surface area (Å²) in [7, 11) is 5.56. The van der Waals surface area contributed by atoms with E-state index in [1.807, 2.05) is 31.2 Å². The maximum absolute atomic E-state index is 11.6. The molecule has 23 heavy (non-hydrogen) atoms. The second-order valence-corrected chi connectivity index (χ2v) is 7.50.